The predicted octanol–water partition coefficient (Wildman–Crippen LogP) is -0.855. The molecule has 1 fully saturated rings. The molecule has 1 saturated heterocycles. The van der Waals surface area contributed by atoms with Gasteiger partial charge >= 0.3 is 0 Å². The third-order valence-electron chi connectivity index (χ3n) is 3.15. The Bertz CT molecular complexity index is 458. The van der Waals surface area contributed by atoms with Gasteiger partial charge in [-0.3, -0.25) is 14.3 Å². The second kappa shape index (κ2) is 5.07. The summed E-state index contributed by atoms with van der Waals surface area (Å²) in [5.74, 6) is 0.349. The molecule has 18 heavy (non-hydrogen) atoms. The summed E-state index contributed by atoms with van der Waals surface area (Å²) in [7, 11) is 1.75. The summed E-state index contributed by atoms with van der Waals surface area (Å²) in [6.45, 7) is 0.774. The number of nitrogens with two attached hydrogens (primary N) is 1. The summed E-state index contributed by atoms with van der Waals surface area (Å²) < 4.78 is 1.56. The molecule has 1 atom stereocenters. The Kier molecular flexibility index (Phi) is 3.50. The van der Waals surface area contributed by atoms with Crippen LogP contribution < -0.4 is 16.4 Å². The Morgan fingerprint density at radius 3 is 3.06 bits per heavy atom. The van der Waals surface area contributed by atoms with E-state index in [9.17, 15) is 9.59 Å². The van der Waals surface area contributed by atoms with E-state index in [-0.39, 0.29) is 17.7 Å². The van der Waals surface area contributed by atoms with Crippen LogP contribution in [0.4, 0.5) is 5.82 Å². The molecule has 1 aromatic rings. The largest absolute Gasteiger partial charge is 0.384 e. The number of nitrogens with one attached hydrogen (secondary N) is 2. The lowest BCUT2D eigenvalue weighted by Crippen LogP contribution is -2.42. The number of aryl methyl sites for hydroxylation is 1. The zero-order valence-electron chi connectivity index (χ0n) is 10.3. The first-order valence-corrected chi connectivity index (χ1v) is 5.88. The smallest absolute Gasteiger partial charge is 0.225 e. The van der Waals surface area contributed by atoms with E-state index in [0.29, 0.717) is 31.7 Å². The van der Waals surface area contributed by atoms with E-state index in [0.717, 1.165) is 5.56 Å². The third kappa shape index (κ3) is 2.61. The standard InChI is InChI=1S/C11H17N5O2/c1-16-10(12)8(6-15-16)5-14-11(18)7-2-3-9(17)13-4-7/h6-7H,2-5,12H2,1H3,(H,13,17)(H,14,18). The van der Waals surface area contributed by atoms with E-state index in [1.54, 1.807) is 17.9 Å². The van der Waals surface area contributed by atoms with E-state index in [1.807, 2.05) is 0 Å². The minimum absolute atomic E-state index is 0.00977. The lowest BCUT2D eigenvalue weighted by Gasteiger charge is -2.21. The zero-order valence-corrected chi connectivity index (χ0v) is 10.3. The number of amides is 2. The van der Waals surface area contributed by atoms with Crippen molar-refractivity contribution in [1.29, 1.82) is 0 Å². The molecule has 0 aromatic carbocycles. The Balaban J connectivity index is 1.85. The number of nitrogens with zero attached hydrogens (tertiary/aromatic N) is 2. The van der Waals surface area contributed by atoms with Crippen LogP contribution in [0.1, 0.15) is 18.4 Å². The van der Waals surface area contributed by atoms with Gasteiger partial charge in [-0.05, 0) is 6.42 Å². The normalized spacial score (nSPS) is 19.4. The first kappa shape index (κ1) is 12.4. The number of aromatic nitrogens is 2. The van der Waals surface area contributed by atoms with Crippen LogP contribution in [-0.2, 0) is 23.2 Å². The fraction of sp³-hybridized carbons (Fsp3) is 0.545. The highest BCUT2D eigenvalue weighted by molar-refractivity contribution is 5.83. The monoisotopic (exact) mass is 251 g/mol. The van der Waals surface area contributed by atoms with Crippen LogP contribution in [0.2, 0.25) is 0 Å². The lowest BCUT2D eigenvalue weighted by molar-refractivity contribution is -0.129. The van der Waals surface area contributed by atoms with Crippen molar-refractivity contribution >= 4 is 17.6 Å². The number of piperidine rings is 1. The second-order valence-electron chi connectivity index (χ2n) is 4.44. The second-order valence-corrected chi connectivity index (χ2v) is 4.44. The van der Waals surface area contributed by atoms with Gasteiger partial charge in [0.2, 0.25) is 11.8 Å². The number of carbonyl (C=O) groups is 2. The van der Waals surface area contributed by atoms with Gasteiger partial charge in [0.25, 0.3) is 0 Å². The van der Waals surface area contributed by atoms with Crippen molar-refractivity contribution in [2.75, 3.05) is 12.3 Å². The van der Waals surface area contributed by atoms with Gasteiger partial charge in [-0.15, -0.1) is 0 Å². The SMILES string of the molecule is Cn1ncc(CNC(=O)C2CCC(=O)NC2)c1N. The van der Waals surface area contributed by atoms with E-state index in [4.69, 9.17) is 5.73 Å². The molecule has 1 aliphatic rings. The van der Waals surface area contributed by atoms with Crippen molar-refractivity contribution in [2.24, 2.45) is 13.0 Å². The van der Waals surface area contributed by atoms with Gasteiger partial charge in [-0.1, -0.05) is 0 Å². The molecular formula is C11H17N5O2. The summed E-state index contributed by atoms with van der Waals surface area (Å²) in [5, 5.41) is 9.50. The zero-order chi connectivity index (χ0) is 13.1. The minimum atomic E-state index is -0.152. The van der Waals surface area contributed by atoms with Crippen LogP contribution in [0.3, 0.4) is 0 Å². The van der Waals surface area contributed by atoms with Gasteiger partial charge in [-0.25, -0.2) is 0 Å². The van der Waals surface area contributed by atoms with Crippen LogP contribution >= 0.6 is 0 Å². The highest BCUT2D eigenvalue weighted by atomic mass is 16.2. The number of rotatable bonds is 3. The quantitative estimate of drug-likeness (QED) is 0.650. The summed E-state index contributed by atoms with van der Waals surface area (Å²) >= 11 is 0. The van der Waals surface area contributed by atoms with Crippen molar-refractivity contribution in [3.8, 4) is 0 Å². The maximum Gasteiger partial charge on any atom is 0.225 e. The predicted molar refractivity (Wildman–Crippen MR) is 65.2 cm³/mol. The number of anilines is 1. The molecule has 4 N–H and O–H groups in total. The molecule has 7 heteroatoms. The maximum atomic E-state index is 11.9. The van der Waals surface area contributed by atoms with Gasteiger partial charge in [0, 0.05) is 32.1 Å². The van der Waals surface area contributed by atoms with Crippen molar-refractivity contribution in [3.63, 3.8) is 0 Å². The van der Waals surface area contributed by atoms with E-state index in [2.05, 4.69) is 15.7 Å². The van der Waals surface area contributed by atoms with Crippen LogP contribution in [0.15, 0.2) is 6.20 Å². The number of hydrogen-bond donors (Lipinski definition) is 3. The molecule has 0 saturated carbocycles. The van der Waals surface area contributed by atoms with Gasteiger partial charge < -0.3 is 16.4 Å². The fourth-order valence-corrected chi connectivity index (χ4v) is 1.91. The molecule has 0 bridgehead atoms. The Morgan fingerprint density at radius 1 is 1.72 bits per heavy atom. The van der Waals surface area contributed by atoms with Gasteiger partial charge in [0.1, 0.15) is 5.82 Å². The molecule has 98 valence electrons. The highest BCUT2D eigenvalue weighted by Gasteiger charge is 2.24. The molecule has 2 heterocycles. The molecule has 1 aromatic heterocycles. The molecule has 1 unspecified atom stereocenters. The third-order valence-corrected chi connectivity index (χ3v) is 3.15. The Hall–Kier alpha value is -2.05. The van der Waals surface area contributed by atoms with Crippen LogP contribution in [-0.4, -0.2) is 28.1 Å². The van der Waals surface area contributed by atoms with Gasteiger partial charge in [-0.2, -0.15) is 5.10 Å². The van der Waals surface area contributed by atoms with Crippen LogP contribution in [0.5, 0.6) is 0 Å². The molecule has 0 spiro atoms. The Labute approximate surface area is 105 Å². The molecule has 0 radical (unpaired) electrons. The van der Waals surface area contributed by atoms with Crippen molar-refractivity contribution in [1.82, 2.24) is 20.4 Å². The molecular weight excluding hydrogens is 234 g/mol. The van der Waals surface area contributed by atoms with Crippen LogP contribution in [0.25, 0.3) is 0 Å². The number of nitrogen functional groups attached to an aromatic ring is 1. The molecule has 2 rings (SSSR count). The topological polar surface area (TPSA) is 102 Å². The maximum absolute atomic E-state index is 11.9. The van der Waals surface area contributed by atoms with Crippen LogP contribution in [0, 0.1) is 5.92 Å². The average Bonchev–Trinajstić information content (AvgIpc) is 2.68. The van der Waals surface area contributed by atoms with E-state index < -0.39 is 0 Å². The summed E-state index contributed by atoms with van der Waals surface area (Å²) in [5.41, 5.74) is 6.57. The summed E-state index contributed by atoms with van der Waals surface area (Å²) in [6, 6.07) is 0. The van der Waals surface area contributed by atoms with Gasteiger partial charge in [0.15, 0.2) is 0 Å². The summed E-state index contributed by atoms with van der Waals surface area (Å²) in [4.78, 5) is 22.9. The van der Waals surface area contributed by atoms with E-state index in [1.165, 1.54) is 0 Å². The van der Waals surface area contributed by atoms with E-state index >= 15 is 0 Å². The first-order valence-electron chi connectivity index (χ1n) is 5.88. The fourth-order valence-electron chi connectivity index (χ4n) is 1.91. The molecule has 0 aliphatic carbocycles. The van der Waals surface area contributed by atoms with Crippen molar-refractivity contribution in [3.05, 3.63) is 11.8 Å². The average molecular weight is 251 g/mol. The highest BCUT2D eigenvalue weighted by Crippen LogP contribution is 2.12. The first-order chi connectivity index (χ1) is 8.58. The number of hydrogen-bond acceptors (Lipinski definition) is 4. The molecule has 7 nitrogen and oxygen atoms in total. The molecule has 1 aliphatic heterocycles. The lowest BCUT2D eigenvalue weighted by atomic mass is 9.98. The summed E-state index contributed by atoms with van der Waals surface area (Å²) in [6.07, 6.45) is 2.64. The molecule has 2 amide bonds. The van der Waals surface area contributed by atoms with Crippen molar-refractivity contribution in [2.45, 2.75) is 19.4 Å². The Morgan fingerprint density at radius 2 is 2.50 bits per heavy atom. The number of carbonyl (C=O) groups excluding carboxylic acids is 2. The van der Waals surface area contributed by atoms with Crippen molar-refractivity contribution < 1.29 is 9.59 Å². The minimum Gasteiger partial charge on any atom is -0.384 e. The van der Waals surface area contributed by atoms with Gasteiger partial charge in [0.05, 0.1) is 12.1 Å².